The van der Waals surface area contributed by atoms with E-state index < -0.39 is 32.5 Å². The SMILES string of the molecule is CC/C=C\C/C=C\C/C=C\C/C=C\C/C=C\C/C=C\C/C=C\C/C=C\C/C=C\CCCC(=O)OC(COC(=O)CCCCCCCCCCCCCCCCCCC/C=C\C/C=C\C/C=C\C/C=C\C/C=C\C/C=C\C/C=C\CC)COP(=O)(O)OCCN. The molecule has 0 aliphatic rings. The van der Waals surface area contributed by atoms with Crippen molar-refractivity contribution in [3.05, 3.63) is 194 Å². The van der Waals surface area contributed by atoms with Crippen molar-refractivity contribution < 1.29 is 37.6 Å². The molecule has 0 fully saturated rings. The Bertz CT molecular complexity index is 2160. The van der Waals surface area contributed by atoms with Crippen LogP contribution < -0.4 is 5.73 Å². The van der Waals surface area contributed by atoms with Crippen molar-refractivity contribution in [2.24, 2.45) is 5.73 Å². The molecule has 89 heavy (non-hydrogen) atoms. The number of hydrogen-bond donors (Lipinski definition) is 2. The molecule has 0 aliphatic carbocycles. The highest BCUT2D eigenvalue weighted by atomic mass is 31.2. The largest absolute Gasteiger partial charge is 0.472 e. The van der Waals surface area contributed by atoms with Crippen molar-refractivity contribution in [2.45, 2.75) is 264 Å². The summed E-state index contributed by atoms with van der Waals surface area (Å²) in [6.45, 7) is 3.44. The van der Waals surface area contributed by atoms with Crippen LogP contribution >= 0.6 is 7.82 Å². The fraction of sp³-hybridized carbons (Fsp3) is 0.570. The first-order valence-corrected chi connectivity index (χ1v) is 36.4. The molecule has 0 radical (unpaired) electrons. The van der Waals surface area contributed by atoms with Gasteiger partial charge in [-0.3, -0.25) is 18.6 Å². The fourth-order valence-corrected chi connectivity index (χ4v) is 9.68. The van der Waals surface area contributed by atoms with Gasteiger partial charge in [0.15, 0.2) is 6.10 Å². The molecule has 2 atom stereocenters. The topological polar surface area (TPSA) is 134 Å². The zero-order chi connectivity index (χ0) is 64.4. The van der Waals surface area contributed by atoms with Crippen LogP contribution in [-0.4, -0.2) is 49.3 Å². The van der Waals surface area contributed by atoms with E-state index in [1.54, 1.807) is 0 Å². The third-order valence-corrected chi connectivity index (χ3v) is 15.0. The summed E-state index contributed by atoms with van der Waals surface area (Å²) in [4.78, 5) is 35.3. The van der Waals surface area contributed by atoms with E-state index in [1.807, 2.05) is 6.08 Å². The third-order valence-electron chi connectivity index (χ3n) is 14.0. The highest BCUT2D eigenvalue weighted by Crippen LogP contribution is 2.43. The predicted octanol–water partition coefficient (Wildman–Crippen LogP) is 23.3. The normalized spacial score (nSPS) is 14.2. The molecule has 500 valence electrons. The second-order valence-corrected chi connectivity index (χ2v) is 23.7. The van der Waals surface area contributed by atoms with E-state index in [4.69, 9.17) is 24.3 Å². The first kappa shape index (κ1) is 83.8. The highest BCUT2D eigenvalue weighted by molar-refractivity contribution is 7.47. The lowest BCUT2D eigenvalue weighted by atomic mass is 10.0. The average molecular weight is 1250 g/mol. The molecule has 0 rings (SSSR count). The number of esters is 2. The average Bonchev–Trinajstić information content (AvgIpc) is 3.68. The lowest BCUT2D eigenvalue weighted by molar-refractivity contribution is -0.161. The molecule has 0 aliphatic heterocycles. The molecule has 0 aromatic carbocycles. The number of phosphoric ester groups is 1. The van der Waals surface area contributed by atoms with Crippen LogP contribution in [0.15, 0.2) is 194 Å². The van der Waals surface area contributed by atoms with Crippen molar-refractivity contribution in [2.75, 3.05) is 26.4 Å². The van der Waals surface area contributed by atoms with Crippen LogP contribution in [0.3, 0.4) is 0 Å². The van der Waals surface area contributed by atoms with Crippen LogP contribution in [-0.2, 0) is 32.7 Å². The summed E-state index contributed by atoms with van der Waals surface area (Å²) < 4.78 is 33.1. The molecule has 0 amide bonds. The zero-order valence-corrected chi connectivity index (χ0v) is 57.0. The number of hydrogen-bond acceptors (Lipinski definition) is 8. The molecule has 0 saturated heterocycles. The van der Waals surface area contributed by atoms with Gasteiger partial charge in [-0.25, -0.2) is 4.57 Å². The minimum atomic E-state index is -4.42. The number of carbonyl (C=O) groups is 2. The maximum atomic E-state index is 12.7. The second-order valence-electron chi connectivity index (χ2n) is 22.3. The summed E-state index contributed by atoms with van der Waals surface area (Å²) in [5, 5.41) is 0. The second kappa shape index (κ2) is 71.9. The Kier molecular flexibility index (Phi) is 67.8. The van der Waals surface area contributed by atoms with Gasteiger partial charge in [0.25, 0.3) is 0 Å². The van der Waals surface area contributed by atoms with Crippen LogP contribution in [0.5, 0.6) is 0 Å². The Morgan fingerprint density at radius 1 is 0.337 bits per heavy atom. The fourth-order valence-electron chi connectivity index (χ4n) is 8.91. The van der Waals surface area contributed by atoms with Crippen LogP contribution in [0.1, 0.15) is 258 Å². The van der Waals surface area contributed by atoms with Crippen LogP contribution in [0.25, 0.3) is 0 Å². The van der Waals surface area contributed by atoms with E-state index in [0.717, 1.165) is 122 Å². The Morgan fingerprint density at radius 2 is 0.596 bits per heavy atom. The van der Waals surface area contributed by atoms with Crippen molar-refractivity contribution in [3.8, 4) is 0 Å². The molecular weight excluding hydrogens is 1120 g/mol. The number of unbranched alkanes of at least 4 members (excludes halogenated alkanes) is 18. The van der Waals surface area contributed by atoms with E-state index in [9.17, 15) is 19.0 Å². The molecule has 0 saturated carbocycles. The summed E-state index contributed by atoms with van der Waals surface area (Å²) in [7, 11) is -4.42. The number of carbonyl (C=O) groups excluding carboxylic acids is 2. The van der Waals surface area contributed by atoms with Crippen molar-refractivity contribution in [1.29, 1.82) is 0 Å². The Balaban J connectivity index is 3.99. The van der Waals surface area contributed by atoms with Gasteiger partial charge in [-0.15, -0.1) is 0 Å². The van der Waals surface area contributed by atoms with Gasteiger partial charge in [0, 0.05) is 19.4 Å². The van der Waals surface area contributed by atoms with Gasteiger partial charge < -0.3 is 20.1 Å². The standard InChI is InChI=1S/C79H126NO8P/c1-3-5-7-9-11-13-15-17-19-21-23-25-27-29-31-33-34-35-36-37-38-39-40-41-42-44-45-47-49-51-53-55-57-59-61-63-65-67-69-71-78(81)85-75-77(76-87-89(83,84)86-74-73-80)88-79(82)72-70-68-66-64-62-60-58-56-54-52-50-48-46-43-32-30-28-26-24-22-20-18-16-14-12-10-8-6-4-2/h5-8,11-14,17-20,23-26,29-32,34-35,37-38,46,48,52,54,58,60,64,66,77H,3-4,9-10,15-16,21-22,27-28,33,36,39-45,47,49-51,53,55-57,59,61-63,65,67-76,80H2,1-2H3,(H,83,84)/b7-5-,8-6-,13-11-,14-12-,19-17-,20-18-,25-23-,26-24-,31-29-,32-30-,35-34-,38-37-,48-46-,54-52-,60-58-,66-64-. The molecule has 0 aromatic heterocycles. The molecule has 0 bridgehead atoms. The van der Waals surface area contributed by atoms with E-state index in [0.29, 0.717) is 19.3 Å². The molecule has 10 heteroatoms. The number of phosphoric acid groups is 1. The predicted molar refractivity (Wildman–Crippen MR) is 385 cm³/mol. The summed E-state index contributed by atoms with van der Waals surface area (Å²) >= 11 is 0. The summed E-state index contributed by atoms with van der Waals surface area (Å²) in [6.07, 6.45) is 110. The third kappa shape index (κ3) is 71.8. The van der Waals surface area contributed by atoms with Crippen molar-refractivity contribution >= 4 is 19.8 Å². The molecule has 0 aromatic rings. The number of nitrogens with two attached hydrogens (primary N) is 1. The van der Waals surface area contributed by atoms with Gasteiger partial charge in [0.1, 0.15) is 6.61 Å². The molecule has 9 nitrogen and oxygen atoms in total. The van der Waals surface area contributed by atoms with Gasteiger partial charge in [-0.2, -0.15) is 0 Å². The maximum absolute atomic E-state index is 12.7. The Hall–Kier alpha value is -5.15. The van der Waals surface area contributed by atoms with Gasteiger partial charge >= 0.3 is 19.8 Å². The van der Waals surface area contributed by atoms with E-state index in [-0.39, 0.29) is 32.6 Å². The van der Waals surface area contributed by atoms with Crippen molar-refractivity contribution in [3.63, 3.8) is 0 Å². The Morgan fingerprint density at radius 3 is 0.899 bits per heavy atom. The van der Waals surface area contributed by atoms with Crippen LogP contribution in [0, 0.1) is 0 Å². The van der Waals surface area contributed by atoms with Crippen LogP contribution in [0.4, 0.5) is 0 Å². The number of rotatable bonds is 63. The molecule has 0 spiro atoms. The molecule has 0 heterocycles. The summed E-state index contributed by atoms with van der Waals surface area (Å²) in [5.74, 6) is -0.907. The number of allylic oxidation sites excluding steroid dienone is 32. The minimum absolute atomic E-state index is 0.0350. The summed E-state index contributed by atoms with van der Waals surface area (Å²) in [6, 6.07) is 0. The van der Waals surface area contributed by atoms with Gasteiger partial charge in [0.05, 0.1) is 13.2 Å². The minimum Gasteiger partial charge on any atom is -0.462 e. The van der Waals surface area contributed by atoms with E-state index in [2.05, 4.69) is 202 Å². The lowest BCUT2D eigenvalue weighted by Gasteiger charge is -2.19. The van der Waals surface area contributed by atoms with Gasteiger partial charge in [-0.1, -0.05) is 305 Å². The molecule has 3 N–H and O–H groups in total. The molecular formula is C79H126NO8P. The number of ether oxygens (including phenoxy) is 2. The van der Waals surface area contributed by atoms with Gasteiger partial charge in [-0.05, 0) is 135 Å². The quantitative estimate of drug-likeness (QED) is 0.0264. The van der Waals surface area contributed by atoms with Gasteiger partial charge in [0.2, 0.25) is 0 Å². The Labute approximate surface area is 545 Å². The summed E-state index contributed by atoms with van der Waals surface area (Å²) in [5.41, 5.74) is 5.39. The first-order chi connectivity index (χ1) is 43.8. The van der Waals surface area contributed by atoms with E-state index >= 15 is 0 Å². The maximum Gasteiger partial charge on any atom is 0.472 e. The monoisotopic (exact) mass is 1250 g/mol. The highest BCUT2D eigenvalue weighted by Gasteiger charge is 2.26. The smallest absolute Gasteiger partial charge is 0.462 e. The van der Waals surface area contributed by atoms with Crippen molar-refractivity contribution in [1.82, 2.24) is 0 Å². The van der Waals surface area contributed by atoms with E-state index in [1.165, 1.54) is 89.9 Å². The van der Waals surface area contributed by atoms with Crippen LogP contribution in [0.2, 0.25) is 0 Å². The first-order valence-electron chi connectivity index (χ1n) is 34.9. The molecule has 2 unspecified atom stereocenters. The zero-order valence-electron chi connectivity index (χ0n) is 56.1. The lowest BCUT2D eigenvalue weighted by Crippen LogP contribution is -2.29.